The Morgan fingerprint density at radius 1 is 1.41 bits per heavy atom. The van der Waals surface area contributed by atoms with Crippen LogP contribution in [-0.4, -0.2) is 5.11 Å². The van der Waals surface area contributed by atoms with E-state index < -0.39 is 6.10 Å². The summed E-state index contributed by atoms with van der Waals surface area (Å²) in [5.74, 6) is -0.386. The zero-order chi connectivity index (χ0) is 12.4. The largest absolute Gasteiger partial charge is 0.388 e. The smallest absolute Gasteiger partial charge is 0.127 e. The fourth-order valence-corrected chi connectivity index (χ4v) is 3.41. The quantitative estimate of drug-likeness (QED) is 0.870. The molecule has 17 heavy (non-hydrogen) atoms. The number of hydrogen-bond donors (Lipinski definition) is 1. The third-order valence-electron chi connectivity index (χ3n) is 2.46. The lowest BCUT2D eigenvalue weighted by Gasteiger charge is -2.12. The molecule has 1 unspecified atom stereocenters. The van der Waals surface area contributed by atoms with Gasteiger partial charge in [0.25, 0.3) is 0 Å². The number of thiophene rings is 1. The van der Waals surface area contributed by atoms with Crippen LogP contribution in [0.25, 0.3) is 0 Å². The van der Waals surface area contributed by atoms with Gasteiger partial charge in [0, 0.05) is 32.4 Å². The number of aliphatic hydroxyl groups excluding tert-OH is 1. The SMILES string of the molecule is OC(Cc1c(F)cccc1Cl)c1cscc1Br. The molecule has 2 rings (SSSR count). The summed E-state index contributed by atoms with van der Waals surface area (Å²) in [6, 6.07) is 4.51. The van der Waals surface area contributed by atoms with Crippen LogP contribution >= 0.6 is 38.9 Å². The molecule has 0 saturated carbocycles. The molecule has 0 aliphatic carbocycles. The Labute approximate surface area is 116 Å². The predicted octanol–water partition coefficient (Wildman–Crippen LogP) is 4.58. The second-order valence-electron chi connectivity index (χ2n) is 3.60. The topological polar surface area (TPSA) is 20.2 Å². The molecule has 1 N–H and O–H groups in total. The molecule has 1 atom stereocenters. The Kier molecular flexibility index (Phi) is 4.20. The Bertz CT molecular complexity index is 509. The zero-order valence-corrected chi connectivity index (χ0v) is 11.8. The van der Waals surface area contributed by atoms with E-state index in [0.717, 1.165) is 10.0 Å². The molecule has 1 aromatic heterocycles. The summed E-state index contributed by atoms with van der Waals surface area (Å²) in [7, 11) is 0. The van der Waals surface area contributed by atoms with Gasteiger partial charge in [0.2, 0.25) is 0 Å². The van der Waals surface area contributed by atoms with Crippen molar-refractivity contribution in [3.63, 3.8) is 0 Å². The molecule has 1 aromatic carbocycles. The lowest BCUT2D eigenvalue weighted by atomic mass is 10.0. The molecule has 1 nitrogen and oxygen atoms in total. The molecule has 0 spiro atoms. The maximum atomic E-state index is 13.5. The Morgan fingerprint density at radius 3 is 2.76 bits per heavy atom. The van der Waals surface area contributed by atoms with Crippen molar-refractivity contribution in [2.24, 2.45) is 0 Å². The molecule has 2 aromatic rings. The van der Waals surface area contributed by atoms with Crippen LogP contribution in [0.3, 0.4) is 0 Å². The first-order valence-electron chi connectivity index (χ1n) is 4.92. The minimum absolute atomic E-state index is 0.167. The van der Waals surface area contributed by atoms with Gasteiger partial charge in [-0.05, 0) is 33.4 Å². The highest BCUT2D eigenvalue weighted by Crippen LogP contribution is 2.31. The highest BCUT2D eigenvalue weighted by molar-refractivity contribution is 9.10. The summed E-state index contributed by atoms with van der Waals surface area (Å²) in [5, 5.41) is 14.1. The van der Waals surface area contributed by atoms with Gasteiger partial charge in [-0.25, -0.2) is 4.39 Å². The summed E-state index contributed by atoms with van der Waals surface area (Å²) in [6.07, 6.45) is -0.592. The summed E-state index contributed by atoms with van der Waals surface area (Å²) in [6.45, 7) is 0. The van der Waals surface area contributed by atoms with Crippen LogP contribution in [-0.2, 0) is 6.42 Å². The molecule has 5 heteroatoms. The van der Waals surface area contributed by atoms with E-state index in [0.29, 0.717) is 10.6 Å². The van der Waals surface area contributed by atoms with Gasteiger partial charge in [-0.1, -0.05) is 17.7 Å². The maximum Gasteiger partial charge on any atom is 0.127 e. The van der Waals surface area contributed by atoms with Gasteiger partial charge in [0.1, 0.15) is 5.82 Å². The molecule has 0 aliphatic rings. The monoisotopic (exact) mass is 334 g/mol. The molecule has 0 fully saturated rings. The first-order chi connectivity index (χ1) is 8.09. The molecule has 90 valence electrons. The summed E-state index contributed by atoms with van der Waals surface area (Å²) in [4.78, 5) is 0. The summed E-state index contributed by atoms with van der Waals surface area (Å²) < 4.78 is 14.4. The molecule has 0 saturated heterocycles. The van der Waals surface area contributed by atoms with E-state index >= 15 is 0 Å². The molecule has 0 amide bonds. The van der Waals surface area contributed by atoms with Crippen molar-refractivity contribution in [3.8, 4) is 0 Å². The van der Waals surface area contributed by atoms with Crippen molar-refractivity contribution >= 4 is 38.9 Å². The van der Waals surface area contributed by atoms with Crippen molar-refractivity contribution < 1.29 is 9.50 Å². The summed E-state index contributed by atoms with van der Waals surface area (Å²) in [5.41, 5.74) is 1.11. The molecule has 1 heterocycles. The predicted molar refractivity (Wildman–Crippen MR) is 72.1 cm³/mol. The van der Waals surface area contributed by atoms with Crippen molar-refractivity contribution in [2.75, 3.05) is 0 Å². The molecular weight excluding hydrogens is 327 g/mol. The van der Waals surface area contributed by atoms with E-state index in [2.05, 4.69) is 15.9 Å². The minimum Gasteiger partial charge on any atom is -0.388 e. The molecular formula is C12H9BrClFOS. The number of hydrogen-bond acceptors (Lipinski definition) is 2. The fraction of sp³-hybridized carbons (Fsp3) is 0.167. The van der Waals surface area contributed by atoms with Crippen LogP contribution in [0.1, 0.15) is 17.2 Å². The highest BCUT2D eigenvalue weighted by Gasteiger charge is 2.16. The van der Waals surface area contributed by atoms with Crippen LogP contribution in [0, 0.1) is 5.82 Å². The van der Waals surface area contributed by atoms with Crippen LogP contribution in [0.15, 0.2) is 33.4 Å². The van der Waals surface area contributed by atoms with E-state index in [9.17, 15) is 9.50 Å². The van der Waals surface area contributed by atoms with E-state index in [4.69, 9.17) is 11.6 Å². The normalized spacial score (nSPS) is 12.7. The number of halogens is 3. The van der Waals surface area contributed by atoms with Gasteiger partial charge >= 0.3 is 0 Å². The average molecular weight is 336 g/mol. The van der Waals surface area contributed by atoms with E-state index in [-0.39, 0.29) is 12.2 Å². The van der Waals surface area contributed by atoms with E-state index in [1.165, 1.54) is 17.4 Å². The maximum absolute atomic E-state index is 13.5. The Morgan fingerprint density at radius 2 is 2.18 bits per heavy atom. The fourth-order valence-electron chi connectivity index (χ4n) is 1.56. The van der Waals surface area contributed by atoms with Gasteiger partial charge in [0.05, 0.1) is 6.10 Å². The average Bonchev–Trinajstić information content (AvgIpc) is 2.70. The van der Waals surface area contributed by atoms with Crippen LogP contribution in [0.2, 0.25) is 5.02 Å². The van der Waals surface area contributed by atoms with E-state index in [1.807, 2.05) is 10.8 Å². The number of rotatable bonds is 3. The lowest BCUT2D eigenvalue weighted by Crippen LogP contribution is -2.03. The van der Waals surface area contributed by atoms with Crippen molar-refractivity contribution in [3.05, 3.63) is 55.4 Å². The summed E-state index contributed by atoms with van der Waals surface area (Å²) >= 11 is 10.7. The zero-order valence-electron chi connectivity index (χ0n) is 8.66. The molecule has 0 radical (unpaired) electrons. The van der Waals surface area contributed by atoms with Crippen LogP contribution in [0.4, 0.5) is 4.39 Å². The second-order valence-corrected chi connectivity index (χ2v) is 5.60. The second kappa shape index (κ2) is 5.48. The van der Waals surface area contributed by atoms with Gasteiger partial charge in [-0.15, -0.1) is 0 Å². The minimum atomic E-state index is -0.759. The lowest BCUT2D eigenvalue weighted by molar-refractivity contribution is 0.177. The van der Waals surface area contributed by atoms with Crippen molar-refractivity contribution in [1.82, 2.24) is 0 Å². The number of aliphatic hydroxyl groups is 1. The van der Waals surface area contributed by atoms with Crippen LogP contribution < -0.4 is 0 Å². The molecule has 0 aliphatic heterocycles. The van der Waals surface area contributed by atoms with Crippen molar-refractivity contribution in [1.29, 1.82) is 0 Å². The number of benzene rings is 1. The van der Waals surface area contributed by atoms with Gasteiger partial charge in [0.15, 0.2) is 0 Å². The first-order valence-corrected chi connectivity index (χ1v) is 7.03. The third kappa shape index (κ3) is 2.88. The Balaban J connectivity index is 2.25. The van der Waals surface area contributed by atoms with Gasteiger partial charge in [-0.2, -0.15) is 11.3 Å². The van der Waals surface area contributed by atoms with Gasteiger partial charge in [-0.3, -0.25) is 0 Å². The molecule has 0 bridgehead atoms. The first kappa shape index (κ1) is 13.0. The Hall–Kier alpha value is -0.420. The standard InChI is InChI=1S/C12H9BrClFOS/c13-9-6-17-5-8(9)12(16)4-7-10(14)2-1-3-11(7)15/h1-3,5-6,12,16H,4H2. The highest BCUT2D eigenvalue weighted by atomic mass is 79.9. The van der Waals surface area contributed by atoms with Crippen LogP contribution in [0.5, 0.6) is 0 Å². The van der Waals surface area contributed by atoms with Crippen molar-refractivity contribution in [2.45, 2.75) is 12.5 Å². The van der Waals surface area contributed by atoms with E-state index in [1.54, 1.807) is 12.1 Å². The van der Waals surface area contributed by atoms with Gasteiger partial charge < -0.3 is 5.11 Å². The third-order valence-corrected chi connectivity index (χ3v) is 4.57.